The predicted octanol–water partition coefficient (Wildman–Crippen LogP) is 9.08. The third-order valence-electron chi connectivity index (χ3n) is 7.78. The summed E-state index contributed by atoms with van der Waals surface area (Å²) in [4.78, 5) is 4.75. The van der Waals surface area contributed by atoms with Crippen LogP contribution in [0.3, 0.4) is 0 Å². The van der Waals surface area contributed by atoms with Gasteiger partial charge < -0.3 is 26.0 Å². The van der Waals surface area contributed by atoms with Crippen LogP contribution in [0.25, 0.3) is 11.1 Å². The molecule has 1 spiro atoms. The van der Waals surface area contributed by atoms with E-state index >= 15 is 0 Å². The lowest BCUT2D eigenvalue weighted by Gasteiger charge is -2.37. The van der Waals surface area contributed by atoms with E-state index < -0.39 is 5.66 Å². The lowest BCUT2D eigenvalue weighted by molar-refractivity contribution is 0.483. The molecule has 0 amide bonds. The number of pyridine rings is 1. The molecule has 5 aromatic carbocycles. The van der Waals surface area contributed by atoms with Crippen molar-refractivity contribution in [1.82, 2.24) is 4.98 Å². The molecule has 1 aromatic heterocycles. The first-order chi connectivity index (χ1) is 20.7. The quantitative estimate of drug-likeness (QED) is 0.153. The van der Waals surface area contributed by atoms with Crippen LogP contribution in [0.5, 0.6) is 11.5 Å². The molecular formula is C36H27N5O. The minimum atomic E-state index is -0.797. The Balaban J connectivity index is 1.38. The van der Waals surface area contributed by atoms with Gasteiger partial charge in [0.05, 0.1) is 17.1 Å². The van der Waals surface area contributed by atoms with Gasteiger partial charge in [-0.25, -0.2) is 4.98 Å². The summed E-state index contributed by atoms with van der Waals surface area (Å²) in [7, 11) is 0. The first-order valence-corrected chi connectivity index (χ1v) is 14.0. The minimum Gasteiger partial charge on any atom is -0.457 e. The topological polar surface area (TPSA) is 70.2 Å². The summed E-state index contributed by atoms with van der Waals surface area (Å²) in [6.45, 7) is 0. The number of benzene rings is 5. The first-order valence-electron chi connectivity index (χ1n) is 14.0. The van der Waals surface area contributed by atoms with Crippen molar-refractivity contribution in [2.45, 2.75) is 5.66 Å². The molecule has 202 valence electrons. The average molecular weight is 546 g/mol. The van der Waals surface area contributed by atoms with Gasteiger partial charge in [0.1, 0.15) is 11.5 Å². The van der Waals surface area contributed by atoms with Crippen LogP contribution >= 0.6 is 0 Å². The summed E-state index contributed by atoms with van der Waals surface area (Å²) < 4.78 is 6.26. The number of fused-ring (bicyclic) bond motifs is 11. The normalized spacial score (nSPS) is 13.9. The highest BCUT2D eigenvalue weighted by atomic mass is 16.5. The van der Waals surface area contributed by atoms with E-state index in [0.29, 0.717) is 5.82 Å². The lowest BCUT2D eigenvalue weighted by atomic mass is 9.95. The van der Waals surface area contributed by atoms with Crippen LogP contribution in [0.1, 0.15) is 11.1 Å². The fourth-order valence-electron chi connectivity index (χ4n) is 5.95. The Bertz CT molecular complexity index is 1810. The van der Waals surface area contributed by atoms with Gasteiger partial charge in [0.15, 0.2) is 11.5 Å². The zero-order valence-electron chi connectivity index (χ0n) is 22.6. The van der Waals surface area contributed by atoms with Crippen molar-refractivity contribution in [1.29, 1.82) is 0 Å². The number of hydrogen-bond acceptors (Lipinski definition) is 6. The number of nitrogens with zero attached hydrogens (tertiary/aromatic N) is 1. The van der Waals surface area contributed by atoms with Gasteiger partial charge in [-0.15, -0.1) is 0 Å². The smallest absolute Gasteiger partial charge is 0.162 e. The monoisotopic (exact) mass is 545 g/mol. The van der Waals surface area contributed by atoms with E-state index in [0.717, 1.165) is 51.1 Å². The molecule has 4 N–H and O–H groups in total. The van der Waals surface area contributed by atoms with Gasteiger partial charge in [-0.3, -0.25) is 0 Å². The van der Waals surface area contributed by atoms with Crippen molar-refractivity contribution in [3.8, 4) is 22.6 Å². The maximum Gasteiger partial charge on any atom is 0.162 e. The van der Waals surface area contributed by atoms with Crippen LogP contribution in [0.2, 0.25) is 0 Å². The summed E-state index contributed by atoms with van der Waals surface area (Å²) in [5.41, 5.74) is 8.37. The van der Waals surface area contributed by atoms with Crippen LogP contribution in [-0.2, 0) is 5.66 Å². The number of nitrogens with one attached hydrogen (secondary N) is 4. The Kier molecular flexibility index (Phi) is 5.57. The Hall–Kier alpha value is -5.75. The van der Waals surface area contributed by atoms with Crippen molar-refractivity contribution in [3.63, 3.8) is 0 Å². The van der Waals surface area contributed by atoms with E-state index in [4.69, 9.17) is 9.72 Å². The van der Waals surface area contributed by atoms with Crippen molar-refractivity contribution >= 4 is 34.3 Å². The molecule has 0 atom stereocenters. The van der Waals surface area contributed by atoms with Crippen LogP contribution in [0.4, 0.5) is 34.3 Å². The van der Waals surface area contributed by atoms with Gasteiger partial charge >= 0.3 is 0 Å². The van der Waals surface area contributed by atoms with E-state index in [9.17, 15) is 0 Å². The summed E-state index contributed by atoms with van der Waals surface area (Å²) in [5.74, 6) is 2.18. The molecule has 6 heteroatoms. The van der Waals surface area contributed by atoms with Gasteiger partial charge in [0.2, 0.25) is 0 Å². The van der Waals surface area contributed by atoms with Gasteiger partial charge in [0, 0.05) is 40.8 Å². The van der Waals surface area contributed by atoms with Gasteiger partial charge in [-0.2, -0.15) is 0 Å². The third-order valence-corrected chi connectivity index (χ3v) is 7.78. The second-order valence-corrected chi connectivity index (χ2v) is 10.4. The summed E-state index contributed by atoms with van der Waals surface area (Å²) in [5, 5.41) is 15.0. The number of hydrogen-bond donors (Lipinski definition) is 4. The Morgan fingerprint density at radius 1 is 0.500 bits per heavy atom. The standard InChI is InChI=1S/C36H27N5O/c1-3-16-30-28(14-1)29-15-2-4-17-31(29)36(30)40-33-19-6-5-18-32(33)38-24-10-7-12-26(22-24)42-27-13-8-11-25(23-27)39-35-34(41-36)20-9-21-37-35/h1-23,38,40-41H,(H,37,39). The second-order valence-electron chi connectivity index (χ2n) is 10.4. The van der Waals surface area contributed by atoms with Gasteiger partial charge in [-0.1, -0.05) is 72.8 Å². The molecule has 0 saturated heterocycles. The van der Waals surface area contributed by atoms with Crippen molar-refractivity contribution < 1.29 is 4.74 Å². The van der Waals surface area contributed by atoms with Crippen molar-refractivity contribution in [3.05, 3.63) is 151 Å². The van der Waals surface area contributed by atoms with Crippen molar-refractivity contribution in [2.75, 3.05) is 21.3 Å². The molecule has 6 aromatic rings. The highest BCUT2D eigenvalue weighted by molar-refractivity contribution is 5.87. The zero-order chi connectivity index (χ0) is 27.9. The minimum absolute atomic E-state index is 0.707. The molecule has 0 unspecified atom stereocenters. The van der Waals surface area contributed by atoms with E-state index in [1.165, 1.54) is 11.1 Å². The highest BCUT2D eigenvalue weighted by Crippen LogP contribution is 2.50. The summed E-state index contributed by atoms with van der Waals surface area (Å²) in [6, 6.07) is 45.3. The molecule has 42 heavy (non-hydrogen) atoms. The maximum atomic E-state index is 6.26. The molecular weight excluding hydrogens is 518 g/mol. The predicted molar refractivity (Wildman–Crippen MR) is 170 cm³/mol. The van der Waals surface area contributed by atoms with E-state index in [-0.39, 0.29) is 0 Å². The maximum absolute atomic E-state index is 6.26. The van der Waals surface area contributed by atoms with E-state index in [1.54, 1.807) is 6.20 Å². The van der Waals surface area contributed by atoms with Crippen LogP contribution in [0.15, 0.2) is 140 Å². The van der Waals surface area contributed by atoms with E-state index in [1.807, 2.05) is 60.7 Å². The number of aromatic nitrogens is 1. The molecule has 1 aliphatic heterocycles. The number of anilines is 6. The molecule has 0 fully saturated rings. The molecule has 2 aliphatic rings. The van der Waals surface area contributed by atoms with Gasteiger partial charge in [0.25, 0.3) is 0 Å². The first kappa shape index (κ1) is 24.1. The zero-order valence-corrected chi connectivity index (χ0v) is 22.6. The molecule has 0 saturated carbocycles. The van der Waals surface area contributed by atoms with Crippen LogP contribution < -0.4 is 26.0 Å². The second kappa shape index (κ2) is 9.71. The van der Waals surface area contributed by atoms with Crippen LogP contribution in [0, 0.1) is 0 Å². The average Bonchev–Trinajstić information content (AvgIpc) is 3.29. The summed E-state index contributed by atoms with van der Waals surface area (Å²) in [6.07, 6.45) is 1.80. The number of para-hydroxylation sites is 2. The Labute approximate surface area is 244 Å². The SMILES string of the molecule is c1cc2cc(c1)Oc1cccc(c1)Nc1ncccc1NC1(Nc3ccccc3N2)c2ccccc2-c2ccccc21. The highest BCUT2D eigenvalue weighted by Gasteiger charge is 2.44. The molecule has 1 aliphatic carbocycles. The number of ether oxygens (including phenoxy) is 1. The molecule has 2 heterocycles. The Morgan fingerprint density at radius 2 is 1.07 bits per heavy atom. The molecule has 0 radical (unpaired) electrons. The van der Waals surface area contributed by atoms with Crippen molar-refractivity contribution in [2.24, 2.45) is 0 Å². The van der Waals surface area contributed by atoms with Crippen LogP contribution in [-0.4, -0.2) is 4.98 Å². The fourth-order valence-corrected chi connectivity index (χ4v) is 5.95. The largest absolute Gasteiger partial charge is 0.457 e. The van der Waals surface area contributed by atoms with E-state index in [2.05, 4.69) is 94.1 Å². The molecule has 8 rings (SSSR count). The third kappa shape index (κ3) is 4.09. The number of rotatable bonds is 0. The van der Waals surface area contributed by atoms with Gasteiger partial charge in [-0.05, 0) is 59.7 Å². The molecule has 6 nitrogen and oxygen atoms in total. The lowest BCUT2D eigenvalue weighted by Crippen LogP contribution is -2.43. The molecule has 4 bridgehead atoms. The Morgan fingerprint density at radius 3 is 1.79 bits per heavy atom. The fraction of sp³-hybridized carbons (Fsp3) is 0.0278. The summed E-state index contributed by atoms with van der Waals surface area (Å²) >= 11 is 0.